The van der Waals surface area contributed by atoms with Gasteiger partial charge in [-0.05, 0) is 42.0 Å². The highest BCUT2D eigenvalue weighted by molar-refractivity contribution is 6.36. The summed E-state index contributed by atoms with van der Waals surface area (Å²) in [5, 5.41) is 12.3. The molecule has 0 unspecified atom stereocenters. The molecule has 3 nitrogen and oxygen atoms in total. The van der Waals surface area contributed by atoms with Crippen LogP contribution in [0.15, 0.2) is 48.0 Å². The Morgan fingerprint density at radius 2 is 2.00 bits per heavy atom. The molecule has 2 aromatic rings. The van der Waals surface area contributed by atoms with Gasteiger partial charge in [0.05, 0.1) is 10.7 Å². The predicted octanol–water partition coefficient (Wildman–Crippen LogP) is 4.68. The lowest BCUT2D eigenvalue weighted by molar-refractivity contribution is -0.112. The number of benzene rings is 2. The molecule has 0 fully saturated rings. The van der Waals surface area contributed by atoms with E-state index in [1.807, 2.05) is 0 Å². The summed E-state index contributed by atoms with van der Waals surface area (Å²) in [5.41, 5.74) is 0.519. The molecule has 0 aliphatic rings. The molecule has 0 atom stereocenters. The Bertz CT molecular complexity index is 797. The standard InChI is InChI=1S/C16H9Cl2FN2O/c17-12-4-5-14(18)15(8-12)21-16(22)11(9-20)6-10-2-1-3-13(19)7-10/h1-8H,(H,21,22)/b11-6-. The van der Waals surface area contributed by atoms with Gasteiger partial charge in [0, 0.05) is 5.02 Å². The fraction of sp³-hybridized carbons (Fsp3) is 0. The van der Waals surface area contributed by atoms with Crippen molar-refractivity contribution in [1.82, 2.24) is 0 Å². The molecule has 0 heterocycles. The molecule has 2 aromatic carbocycles. The average molecular weight is 335 g/mol. The molecule has 1 N–H and O–H groups in total. The number of nitrogens with zero attached hydrogens (tertiary/aromatic N) is 1. The van der Waals surface area contributed by atoms with E-state index in [9.17, 15) is 9.18 Å². The topological polar surface area (TPSA) is 52.9 Å². The summed E-state index contributed by atoms with van der Waals surface area (Å²) in [6.45, 7) is 0. The summed E-state index contributed by atoms with van der Waals surface area (Å²) >= 11 is 11.8. The van der Waals surface area contributed by atoms with Crippen molar-refractivity contribution < 1.29 is 9.18 Å². The molecular weight excluding hydrogens is 326 g/mol. The van der Waals surface area contributed by atoms with Crippen LogP contribution in [-0.2, 0) is 4.79 Å². The molecule has 110 valence electrons. The van der Waals surface area contributed by atoms with Gasteiger partial charge in [-0.2, -0.15) is 5.26 Å². The number of nitrogens with one attached hydrogen (secondary N) is 1. The lowest BCUT2D eigenvalue weighted by Crippen LogP contribution is -2.13. The molecule has 22 heavy (non-hydrogen) atoms. The lowest BCUT2D eigenvalue weighted by Gasteiger charge is -2.07. The zero-order chi connectivity index (χ0) is 16.1. The summed E-state index contributed by atoms with van der Waals surface area (Å²) in [4.78, 5) is 12.1. The van der Waals surface area contributed by atoms with Crippen molar-refractivity contribution in [3.05, 3.63) is 69.5 Å². The van der Waals surface area contributed by atoms with Crippen molar-refractivity contribution in [1.29, 1.82) is 5.26 Å². The summed E-state index contributed by atoms with van der Waals surface area (Å²) in [5.74, 6) is -1.11. The van der Waals surface area contributed by atoms with Crippen LogP contribution >= 0.6 is 23.2 Å². The van der Waals surface area contributed by atoms with Crippen LogP contribution in [-0.4, -0.2) is 5.91 Å². The van der Waals surface area contributed by atoms with E-state index < -0.39 is 11.7 Å². The molecule has 0 spiro atoms. The van der Waals surface area contributed by atoms with Gasteiger partial charge in [0.15, 0.2) is 0 Å². The maximum Gasteiger partial charge on any atom is 0.266 e. The number of rotatable bonds is 3. The molecule has 0 saturated carbocycles. The number of carbonyl (C=O) groups is 1. The minimum absolute atomic E-state index is 0.179. The van der Waals surface area contributed by atoms with Crippen molar-refractivity contribution in [3.63, 3.8) is 0 Å². The third-order valence-electron chi connectivity index (χ3n) is 2.70. The van der Waals surface area contributed by atoms with Crippen LogP contribution in [0.4, 0.5) is 10.1 Å². The first-order valence-electron chi connectivity index (χ1n) is 6.13. The van der Waals surface area contributed by atoms with Crippen LogP contribution in [0.2, 0.25) is 10.0 Å². The second-order valence-corrected chi connectivity index (χ2v) is 5.15. The molecule has 0 radical (unpaired) electrons. The van der Waals surface area contributed by atoms with E-state index in [1.165, 1.54) is 36.4 Å². The highest BCUT2D eigenvalue weighted by Crippen LogP contribution is 2.26. The van der Waals surface area contributed by atoms with Gasteiger partial charge in [-0.25, -0.2) is 4.39 Å². The van der Waals surface area contributed by atoms with Crippen molar-refractivity contribution in [2.45, 2.75) is 0 Å². The highest BCUT2D eigenvalue weighted by atomic mass is 35.5. The first kappa shape index (κ1) is 16.0. The van der Waals surface area contributed by atoms with Gasteiger partial charge >= 0.3 is 0 Å². The third-order valence-corrected chi connectivity index (χ3v) is 3.27. The van der Waals surface area contributed by atoms with E-state index in [0.29, 0.717) is 21.3 Å². The van der Waals surface area contributed by atoms with E-state index in [2.05, 4.69) is 5.32 Å². The van der Waals surface area contributed by atoms with Crippen molar-refractivity contribution in [2.24, 2.45) is 0 Å². The van der Waals surface area contributed by atoms with Gasteiger partial charge in [0.2, 0.25) is 0 Å². The van der Waals surface area contributed by atoms with Gasteiger partial charge in [-0.15, -0.1) is 0 Å². The number of carbonyl (C=O) groups excluding carboxylic acids is 1. The molecule has 0 aromatic heterocycles. The van der Waals surface area contributed by atoms with Gasteiger partial charge in [0.25, 0.3) is 5.91 Å². The SMILES string of the molecule is N#C/C(=C/c1cccc(F)c1)C(=O)Nc1cc(Cl)ccc1Cl. The van der Waals surface area contributed by atoms with Crippen LogP contribution < -0.4 is 5.32 Å². The monoisotopic (exact) mass is 334 g/mol. The fourth-order valence-corrected chi connectivity index (χ4v) is 2.03. The second kappa shape index (κ2) is 7.08. The van der Waals surface area contributed by atoms with Gasteiger partial charge in [-0.3, -0.25) is 4.79 Å². The smallest absolute Gasteiger partial charge is 0.266 e. The van der Waals surface area contributed by atoms with E-state index in [1.54, 1.807) is 18.2 Å². The Morgan fingerprint density at radius 3 is 2.68 bits per heavy atom. The number of halogens is 3. The maximum atomic E-state index is 13.1. The summed E-state index contributed by atoms with van der Waals surface area (Å²) in [7, 11) is 0. The Hall–Kier alpha value is -2.35. The van der Waals surface area contributed by atoms with Crippen LogP contribution in [0.3, 0.4) is 0 Å². The molecule has 0 aliphatic heterocycles. The number of amides is 1. The first-order valence-corrected chi connectivity index (χ1v) is 6.89. The first-order chi connectivity index (χ1) is 10.5. The van der Waals surface area contributed by atoms with E-state index in [4.69, 9.17) is 28.5 Å². The number of anilines is 1. The van der Waals surface area contributed by atoms with Crippen molar-refractivity contribution in [3.8, 4) is 6.07 Å². The number of hydrogen-bond donors (Lipinski definition) is 1. The Morgan fingerprint density at radius 1 is 1.23 bits per heavy atom. The second-order valence-electron chi connectivity index (χ2n) is 4.30. The number of nitriles is 1. The molecule has 0 bridgehead atoms. The number of hydrogen-bond acceptors (Lipinski definition) is 2. The van der Waals surface area contributed by atoms with E-state index >= 15 is 0 Å². The van der Waals surface area contributed by atoms with Gasteiger partial charge in [-0.1, -0.05) is 35.3 Å². The Balaban J connectivity index is 2.26. The minimum atomic E-state index is -0.657. The van der Waals surface area contributed by atoms with E-state index in [-0.39, 0.29) is 5.57 Å². The van der Waals surface area contributed by atoms with Crippen LogP contribution in [0.25, 0.3) is 6.08 Å². The van der Waals surface area contributed by atoms with Gasteiger partial charge < -0.3 is 5.32 Å². The van der Waals surface area contributed by atoms with E-state index in [0.717, 1.165) is 0 Å². The molecule has 2 rings (SSSR count). The highest BCUT2D eigenvalue weighted by Gasteiger charge is 2.12. The third kappa shape index (κ3) is 4.08. The quantitative estimate of drug-likeness (QED) is 0.654. The molecule has 0 aliphatic carbocycles. The summed E-state index contributed by atoms with van der Waals surface area (Å²) in [6, 6.07) is 11.9. The fourth-order valence-electron chi connectivity index (χ4n) is 1.69. The summed E-state index contributed by atoms with van der Waals surface area (Å²) in [6.07, 6.45) is 1.29. The average Bonchev–Trinajstić information content (AvgIpc) is 2.48. The zero-order valence-electron chi connectivity index (χ0n) is 11.1. The largest absolute Gasteiger partial charge is 0.320 e. The van der Waals surface area contributed by atoms with Crippen LogP contribution in [0.5, 0.6) is 0 Å². The predicted molar refractivity (Wildman–Crippen MR) is 85.1 cm³/mol. The Kier molecular flexibility index (Phi) is 5.16. The maximum absolute atomic E-state index is 13.1. The van der Waals surface area contributed by atoms with Crippen molar-refractivity contribution >= 4 is 40.9 Å². The molecule has 1 amide bonds. The minimum Gasteiger partial charge on any atom is -0.320 e. The van der Waals surface area contributed by atoms with Crippen LogP contribution in [0, 0.1) is 17.1 Å². The normalized spacial score (nSPS) is 10.9. The lowest BCUT2D eigenvalue weighted by atomic mass is 10.1. The van der Waals surface area contributed by atoms with Crippen molar-refractivity contribution in [2.75, 3.05) is 5.32 Å². The molecular formula is C16H9Cl2FN2O. The molecule has 0 saturated heterocycles. The van der Waals surface area contributed by atoms with Gasteiger partial charge in [0.1, 0.15) is 17.5 Å². The summed E-state index contributed by atoms with van der Waals surface area (Å²) < 4.78 is 13.1. The zero-order valence-corrected chi connectivity index (χ0v) is 12.6. The Labute approximate surface area is 136 Å². The molecule has 6 heteroatoms. The van der Waals surface area contributed by atoms with Crippen LogP contribution in [0.1, 0.15) is 5.56 Å².